The Morgan fingerprint density at radius 2 is 1.74 bits per heavy atom. The van der Waals surface area contributed by atoms with Gasteiger partial charge in [-0.3, -0.25) is 4.79 Å². The summed E-state index contributed by atoms with van der Waals surface area (Å²) in [6.45, 7) is 4.75. The highest BCUT2D eigenvalue weighted by molar-refractivity contribution is 8.16. The molecule has 2 aromatic rings. The molecule has 1 aliphatic heterocycles. The third-order valence-electron chi connectivity index (χ3n) is 4.48. The van der Waals surface area contributed by atoms with Crippen molar-refractivity contribution >= 4 is 29.4 Å². The van der Waals surface area contributed by atoms with Crippen LogP contribution >= 0.6 is 23.5 Å². The van der Waals surface area contributed by atoms with Gasteiger partial charge in [0.05, 0.1) is 4.58 Å². The van der Waals surface area contributed by atoms with E-state index in [1.54, 1.807) is 0 Å². The molecule has 0 N–H and O–H groups in total. The van der Waals surface area contributed by atoms with Gasteiger partial charge in [-0.25, -0.2) is 0 Å². The number of ether oxygens (including phenoxy) is 1. The summed E-state index contributed by atoms with van der Waals surface area (Å²) in [4.78, 5) is 14.5. The zero-order valence-corrected chi connectivity index (χ0v) is 17.6. The second kappa shape index (κ2) is 10.1. The lowest BCUT2D eigenvalue weighted by Crippen LogP contribution is -2.39. The number of benzene rings is 2. The van der Waals surface area contributed by atoms with Gasteiger partial charge >= 0.3 is 0 Å². The molecule has 27 heavy (non-hydrogen) atoms. The first-order chi connectivity index (χ1) is 13.1. The van der Waals surface area contributed by atoms with E-state index < -0.39 is 0 Å². The van der Waals surface area contributed by atoms with Crippen molar-refractivity contribution in [1.82, 2.24) is 4.90 Å². The van der Waals surface area contributed by atoms with Gasteiger partial charge in [-0.15, -0.1) is 23.5 Å². The molecule has 0 bridgehead atoms. The van der Waals surface area contributed by atoms with E-state index in [2.05, 4.69) is 12.1 Å². The fourth-order valence-corrected chi connectivity index (χ4v) is 5.86. The molecule has 144 valence electrons. The summed E-state index contributed by atoms with van der Waals surface area (Å²) in [6.07, 6.45) is 1.30. The molecule has 0 unspecified atom stereocenters. The fourth-order valence-electron chi connectivity index (χ4n) is 2.97. The van der Waals surface area contributed by atoms with Crippen LogP contribution in [0.5, 0.6) is 5.75 Å². The highest BCUT2D eigenvalue weighted by atomic mass is 32.2. The molecule has 1 amide bonds. The lowest BCUT2D eigenvalue weighted by Gasteiger charge is -2.27. The number of nitrogens with zero attached hydrogens (tertiary/aromatic N) is 1. The summed E-state index contributed by atoms with van der Waals surface area (Å²) >= 11 is 4.02. The van der Waals surface area contributed by atoms with E-state index in [4.69, 9.17) is 4.74 Å². The Bertz CT molecular complexity index is 713. The maximum Gasteiger partial charge on any atom is 0.261 e. The van der Waals surface area contributed by atoms with Crippen LogP contribution in [-0.2, 0) is 11.3 Å². The topological polar surface area (TPSA) is 29.5 Å². The van der Waals surface area contributed by atoms with Gasteiger partial charge < -0.3 is 9.64 Å². The second-order valence-corrected chi connectivity index (χ2v) is 9.61. The first-order valence-corrected chi connectivity index (χ1v) is 11.5. The Morgan fingerprint density at radius 3 is 2.37 bits per heavy atom. The van der Waals surface area contributed by atoms with Crippen molar-refractivity contribution in [3.8, 4) is 5.75 Å². The average Bonchev–Trinajstić information content (AvgIpc) is 2.72. The third kappa shape index (κ3) is 5.94. The molecule has 1 aliphatic rings. The largest absolute Gasteiger partial charge is 0.484 e. The number of hydrogen-bond acceptors (Lipinski definition) is 4. The molecule has 0 aromatic heterocycles. The van der Waals surface area contributed by atoms with Gasteiger partial charge in [0.1, 0.15) is 5.75 Å². The van der Waals surface area contributed by atoms with Gasteiger partial charge in [-0.05, 0) is 55.0 Å². The molecular formula is C22H27NO2S2. The summed E-state index contributed by atoms with van der Waals surface area (Å²) in [5.41, 5.74) is 2.46. The van der Waals surface area contributed by atoms with Crippen LogP contribution in [0.4, 0.5) is 0 Å². The van der Waals surface area contributed by atoms with E-state index in [1.807, 2.05) is 84.7 Å². The normalized spacial score (nSPS) is 14.9. The minimum Gasteiger partial charge on any atom is -0.484 e. The highest BCUT2D eigenvalue weighted by Gasteiger charge is 2.19. The van der Waals surface area contributed by atoms with Gasteiger partial charge in [0.15, 0.2) is 6.61 Å². The molecule has 2 aromatic carbocycles. The Morgan fingerprint density at radius 1 is 1.07 bits per heavy atom. The van der Waals surface area contributed by atoms with Gasteiger partial charge in [0.25, 0.3) is 5.91 Å². The van der Waals surface area contributed by atoms with Crippen molar-refractivity contribution in [2.75, 3.05) is 18.1 Å². The predicted molar refractivity (Wildman–Crippen MR) is 116 cm³/mol. The first-order valence-electron chi connectivity index (χ1n) is 9.43. The maximum absolute atomic E-state index is 12.7. The molecule has 1 heterocycles. The summed E-state index contributed by atoms with van der Waals surface area (Å²) in [5, 5.41) is 0. The maximum atomic E-state index is 12.7. The smallest absolute Gasteiger partial charge is 0.261 e. The van der Waals surface area contributed by atoms with Crippen LogP contribution in [0, 0.1) is 0 Å². The molecule has 0 atom stereocenters. The second-order valence-electron chi connectivity index (χ2n) is 6.89. The molecular weight excluding hydrogens is 374 g/mol. The van der Waals surface area contributed by atoms with Crippen LogP contribution in [0.3, 0.4) is 0 Å². The summed E-state index contributed by atoms with van der Waals surface area (Å²) in [6, 6.07) is 18.4. The van der Waals surface area contributed by atoms with Crippen LogP contribution in [0.1, 0.15) is 36.0 Å². The average molecular weight is 402 g/mol. The third-order valence-corrected chi connectivity index (χ3v) is 7.50. The molecule has 3 nitrogen and oxygen atoms in total. The molecule has 3 rings (SSSR count). The Hall–Kier alpha value is -1.59. The summed E-state index contributed by atoms with van der Waals surface area (Å²) in [7, 11) is 0. The van der Waals surface area contributed by atoms with Crippen LogP contribution < -0.4 is 4.74 Å². The summed E-state index contributed by atoms with van der Waals surface area (Å²) < 4.78 is 6.30. The van der Waals surface area contributed by atoms with Crippen LogP contribution in [0.15, 0.2) is 54.6 Å². The number of carbonyl (C=O) groups excluding carboxylic acids is 1. The minimum atomic E-state index is 0.0105. The zero-order valence-electron chi connectivity index (χ0n) is 16.0. The number of amides is 1. The predicted octanol–water partition coefficient (Wildman–Crippen LogP) is 5.37. The van der Waals surface area contributed by atoms with E-state index in [1.165, 1.54) is 23.5 Å². The van der Waals surface area contributed by atoms with E-state index in [0.717, 1.165) is 11.3 Å². The minimum absolute atomic E-state index is 0.0105. The SMILES string of the molecule is CC(C)N(Cc1ccccc1)C(=O)COc1ccc(C2SCCCS2)cc1. The lowest BCUT2D eigenvalue weighted by atomic mass is 10.2. The molecule has 0 radical (unpaired) electrons. The standard InChI is InChI=1S/C22H27NO2S2/c1-17(2)23(15-18-7-4-3-5-8-18)21(24)16-25-20-11-9-19(10-12-20)22-26-13-6-14-27-22/h3-5,7-12,17,22H,6,13-16H2,1-2H3. The molecule has 0 saturated carbocycles. The van der Waals surface area contributed by atoms with Crippen molar-refractivity contribution in [3.63, 3.8) is 0 Å². The van der Waals surface area contributed by atoms with Crippen LogP contribution in [0.25, 0.3) is 0 Å². The van der Waals surface area contributed by atoms with Crippen LogP contribution in [0.2, 0.25) is 0 Å². The quantitative estimate of drug-likeness (QED) is 0.624. The first kappa shape index (κ1) is 20.2. The highest BCUT2D eigenvalue weighted by Crippen LogP contribution is 2.43. The Labute approximate surface area is 170 Å². The molecule has 1 fully saturated rings. The number of thioether (sulfide) groups is 2. The molecule has 0 aliphatic carbocycles. The number of hydrogen-bond donors (Lipinski definition) is 0. The van der Waals surface area contributed by atoms with Gasteiger partial charge in [-0.2, -0.15) is 0 Å². The van der Waals surface area contributed by atoms with Crippen molar-refractivity contribution in [2.45, 2.75) is 37.4 Å². The van der Waals surface area contributed by atoms with Crippen LogP contribution in [-0.4, -0.2) is 35.0 Å². The molecule has 1 saturated heterocycles. The van der Waals surface area contributed by atoms with Crippen molar-refractivity contribution < 1.29 is 9.53 Å². The fraction of sp³-hybridized carbons (Fsp3) is 0.409. The van der Waals surface area contributed by atoms with E-state index in [0.29, 0.717) is 11.1 Å². The van der Waals surface area contributed by atoms with E-state index in [9.17, 15) is 4.79 Å². The van der Waals surface area contributed by atoms with Crippen molar-refractivity contribution in [3.05, 3.63) is 65.7 Å². The Kier molecular flexibility index (Phi) is 7.53. The number of carbonyl (C=O) groups is 1. The lowest BCUT2D eigenvalue weighted by molar-refractivity contribution is -0.135. The van der Waals surface area contributed by atoms with Gasteiger partial charge in [0, 0.05) is 12.6 Å². The van der Waals surface area contributed by atoms with Gasteiger partial charge in [-0.1, -0.05) is 42.5 Å². The van der Waals surface area contributed by atoms with Gasteiger partial charge in [0.2, 0.25) is 0 Å². The van der Waals surface area contributed by atoms with Crippen molar-refractivity contribution in [2.24, 2.45) is 0 Å². The molecule has 5 heteroatoms. The Balaban J connectivity index is 1.55. The van der Waals surface area contributed by atoms with E-state index in [-0.39, 0.29) is 18.6 Å². The monoisotopic (exact) mass is 401 g/mol. The van der Waals surface area contributed by atoms with Crippen molar-refractivity contribution in [1.29, 1.82) is 0 Å². The zero-order chi connectivity index (χ0) is 19.1. The summed E-state index contributed by atoms with van der Waals surface area (Å²) in [5.74, 6) is 3.23. The molecule has 0 spiro atoms. The number of rotatable bonds is 7. The van der Waals surface area contributed by atoms with E-state index >= 15 is 0 Å².